The first-order valence-corrected chi connectivity index (χ1v) is 7.28. The lowest BCUT2D eigenvalue weighted by molar-refractivity contribution is -0.118. The minimum Gasteiger partial charge on any atom is -0.303 e. The molecule has 0 radical (unpaired) electrons. The number of carbonyl (C=O) groups excluding carboxylic acids is 1. The van der Waals surface area contributed by atoms with Crippen molar-refractivity contribution in [2.45, 2.75) is 47.5 Å². The van der Waals surface area contributed by atoms with Crippen molar-refractivity contribution < 1.29 is 4.79 Å². The Morgan fingerprint density at radius 1 is 1.05 bits per heavy atom. The van der Waals surface area contributed by atoms with Crippen LogP contribution in [0, 0.1) is 20.8 Å². The Hall–Kier alpha value is -1.15. The predicted molar refractivity (Wildman–Crippen MR) is 81.8 cm³/mol. The van der Waals surface area contributed by atoms with Crippen LogP contribution in [0.2, 0.25) is 0 Å². The van der Waals surface area contributed by atoms with Crippen molar-refractivity contribution in [2.75, 3.05) is 19.6 Å². The number of hydrogen-bond donors (Lipinski definition) is 0. The summed E-state index contributed by atoms with van der Waals surface area (Å²) in [6, 6.07) is 4.33. The molecule has 0 aliphatic carbocycles. The molecular formula is C17H27NO. The molecule has 0 spiro atoms. The Labute approximate surface area is 117 Å². The Morgan fingerprint density at radius 2 is 1.58 bits per heavy atom. The number of Topliss-reactive ketones (excluding diaryl/α,β-unsaturated/α-hetero) is 1. The number of rotatable bonds is 7. The van der Waals surface area contributed by atoms with Crippen molar-refractivity contribution in [2.24, 2.45) is 0 Å². The van der Waals surface area contributed by atoms with Crippen LogP contribution in [0.1, 0.15) is 42.5 Å². The molecule has 0 aliphatic rings. The fourth-order valence-corrected chi connectivity index (χ4v) is 2.60. The summed E-state index contributed by atoms with van der Waals surface area (Å²) < 4.78 is 0. The molecule has 0 amide bonds. The third kappa shape index (κ3) is 4.79. The van der Waals surface area contributed by atoms with E-state index in [9.17, 15) is 4.79 Å². The molecule has 1 rings (SSSR count). The molecular weight excluding hydrogens is 234 g/mol. The standard InChI is InChI=1S/C17H27NO/c1-6-18(7-2)9-8-16(19)12-17-14(4)10-13(3)11-15(17)5/h10-11H,6-9,12H2,1-5H3. The second-order valence-corrected chi connectivity index (χ2v) is 5.37. The monoisotopic (exact) mass is 261 g/mol. The van der Waals surface area contributed by atoms with Gasteiger partial charge in [0.15, 0.2) is 0 Å². The van der Waals surface area contributed by atoms with Gasteiger partial charge >= 0.3 is 0 Å². The van der Waals surface area contributed by atoms with Gasteiger partial charge in [-0.1, -0.05) is 31.5 Å². The Bertz CT molecular complexity index is 410. The Kier molecular flexibility index (Phi) is 6.23. The molecule has 0 aromatic heterocycles. The van der Waals surface area contributed by atoms with Gasteiger partial charge in [0.05, 0.1) is 0 Å². The zero-order valence-electron chi connectivity index (χ0n) is 13.0. The van der Waals surface area contributed by atoms with Gasteiger partial charge in [0, 0.05) is 19.4 Å². The first kappa shape index (κ1) is 15.9. The molecule has 2 heteroatoms. The van der Waals surface area contributed by atoms with E-state index in [-0.39, 0.29) is 0 Å². The van der Waals surface area contributed by atoms with Gasteiger partial charge in [0.1, 0.15) is 5.78 Å². The number of ketones is 1. The average Bonchev–Trinajstić information content (AvgIpc) is 2.35. The quantitative estimate of drug-likeness (QED) is 0.749. The van der Waals surface area contributed by atoms with Crippen LogP contribution in [-0.2, 0) is 11.2 Å². The number of carbonyl (C=O) groups is 1. The summed E-state index contributed by atoms with van der Waals surface area (Å²) in [6.07, 6.45) is 1.24. The zero-order chi connectivity index (χ0) is 14.4. The molecule has 0 saturated carbocycles. The Balaban J connectivity index is 2.62. The van der Waals surface area contributed by atoms with Crippen LogP contribution in [0.3, 0.4) is 0 Å². The van der Waals surface area contributed by atoms with Gasteiger partial charge in [-0.15, -0.1) is 0 Å². The molecule has 0 aliphatic heterocycles. The fraction of sp³-hybridized carbons (Fsp3) is 0.588. The van der Waals surface area contributed by atoms with E-state index in [1.54, 1.807) is 0 Å². The molecule has 0 N–H and O–H groups in total. The summed E-state index contributed by atoms with van der Waals surface area (Å²) in [4.78, 5) is 14.4. The van der Waals surface area contributed by atoms with E-state index in [2.05, 4.69) is 51.7 Å². The SMILES string of the molecule is CCN(CC)CCC(=O)Cc1c(C)cc(C)cc1C. The van der Waals surface area contributed by atoms with Crippen LogP contribution in [0.15, 0.2) is 12.1 Å². The van der Waals surface area contributed by atoms with Crippen LogP contribution >= 0.6 is 0 Å². The molecule has 19 heavy (non-hydrogen) atoms. The van der Waals surface area contributed by atoms with E-state index < -0.39 is 0 Å². The maximum absolute atomic E-state index is 12.1. The van der Waals surface area contributed by atoms with Crippen molar-refractivity contribution in [3.05, 3.63) is 34.4 Å². The maximum atomic E-state index is 12.1. The van der Waals surface area contributed by atoms with Crippen LogP contribution in [-0.4, -0.2) is 30.3 Å². The molecule has 2 nitrogen and oxygen atoms in total. The number of benzene rings is 1. The molecule has 0 fully saturated rings. The minimum atomic E-state index is 0.349. The second kappa shape index (κ2) is 7.44. The molecule has 0 saturated heterocycles. The first-order valence-electron chi connectivity index (χ1n) is 7.28. The van der Waals surface area contributed by atoms with Gasteiger partial charge in [0.2, 0.25) is 0 Å². The van der Waals surface area contributed by atoms with Crippen LogP contribution in [0.4, 0.5) is 0 Å². The van der Waals surface area contributed by atoms with Crippen molar-refractivity contribution >= 4 is 5.78 Å². The van der Waals surface area contributed by atoms with E-state index in [1.165, 1.54) is 22.3 Å². The third-order valence-electron chi connectivity index (χ3n) is 3.82. The first-order chi connectivity index (χ1) is 8.97. The van der Waals surface area contributed by atoms with Gasteiger partial charge in [-0.05, 0) is 50.6 Å². The van der Waals surface area contributed by atoms with Crippen LogP contribution < -0.4 is 0 Å². The Morgan fingerprint density at radius 3 is 2.05 bits per heavy atom. The van der Waals surface area contributed by atoms with Gasteiger partial charge < -0.3 is 4.90 Å². The van der Waals surface area contributed by atoms with Crippen LogP contribution in [0.25, 0.3) is 0 Å². The van der Waals surface area contributed by atoms with E-state index in [4.69, 9.17) is 0 Å². The smallest absolute Gasteiger partial charge is 0.138 e. The van der Waals surface area contributed by atoms with Gasteiger partial charge in [0.25, 0.3) is 0 Å². The fourth-order valence-electron chi connectivity index (χ4n) is 2.60. The van der Waals surface area contributed by atoms with Gasteiger partial charge in [-0.2, -0.15) is 0 Å². The van der Waals surface area contributed by atoms with Gasteiger partial charge in [-0.25, -0.2) is 0 Å². The lowest BCUT2D eigenvalue weighted by Gasteiger charge is -2.17. The minimum absolute atomic E-state index is 0.349. The summed E-state index contributed by atoms with van der Waals surface area (Å²) in [7, 11) is 0. The summed E-state index contributed by atoms with van der Waals surface area (Å²) in [5.41, 5.74) is 4.98. The normalized spacial score (nSPS) is 11.1. The van der Waals surface area contributed by atoms with E-state index >= 15 is 0 Å². The molecule has 0 heterocycles. The largest absolute Gasteiger partial charge is 0.303 e. The molecule has 0 unspecified atom stereocenters. The highest BCUT2D eigenvalue weighted by Gasteiger charge is 2.10. The number of hydrogen-bond acceptors (Lipinski definition) is 2. The van der Waals surface area contributed by atoms with Crippen molar-refractivity contribution in [3.8, 4) is 0 Å². The summed E-state index contributed by atoms with van der Waals surface area (Å²) >= 11 is 0. The molecule has 1 aromatic carbocycles. The average molecular weight is 261 g/mol. The molecule has 0 bridgehead atoms. The molecule has 0 atom stereocenters. The summed E-state index contributed by atoms with van der Waals surface area (Å²) in [5.74, 6) is 0.349. The van der Waals surface area contributed by atoms with Crippen molar-refractivity contribution in [1.29, 1.82) is 0 Å². The lowest BCUT2D eigenvalue weighted by atomic mass is 9.95. The zero-order valence-corrected chi connectivity index (χ0v) is 13.0. The third-order valence-corrected chi connectivity index (χ3v) is 3.82. The maximum Gasteiger partial charge on any atom is 0.138 e. The number of nitrogens with zero attached hydrogens (tertiary/aromatic N) is 1. The van der Waals surface area contributed by atoms with E-state index in [1.807, 2.05) is 0 Å². The number of aryl methyl sites for hydroxylation is 3. The summed E-state index contributed by atoms with van der Waals surface area (Å²) in [6.45, 7) is 13.5. The summed E-state index contributed by atoms with van der Waals surface area (Å²) in [5, 5.41) is 0. The highest BCUT2D eigenvalue weighted by atomic mass is 16.1. The highest BCUT2D eigenvalue weighted by Crippen LogP contribution is 2.17. The van der Waals surface area contributed by atoms with Crippen LogP contribution in [0.5, 0.6) is 0 Å². The topological polar surface area (TPSA) is 20.3 Å². The van der Waals surface area contributed by atoms with Gasteiger partial charge in [-0.3, -0.25) is 4.79 Å². The predicted octanol–water partition coefficient (Wildman–Crippen LogP) is 3.46. The van der Waals surface area contributed by atoms with Crippen molar-refractivity contribution in [1.82, 2.24) is 4.90 Å². The molecule has 1 aromatic rings. The van der Waals surface area contributed by atoms with Crippen molar-refractivity contribution in [3.63, 3.8) is 0 Å². The molecule has 106 valence electrons. The highest BCUT2D eigenvalue weighted by molar-refractivity contribution is 5.81. The second-order valence-electron chi connectivity index (χ2n) is 5.37. The van der Waals surface area contributed by atoms with E-state index in [0.29, 0.717) is 18.6 Å². The lowest BCUT2D eigenvalue weighted by Crippen LogP contribution is -2.26. The van der Waals surface area contributed by atoms with E-state index in [0.717, 1.165) is 19.6 Å².